The zero-order valence-corrected chi connectivity index (χ0v) is 21.1. The Bertz CT molecular complexity index is 1050. The molecule has 0 radical (unpaired) electrons. The summed E-state index contributed by atoms with van der Waals surface area (Å²) in [5.41, 5.74) is 1.20. The van der Waals surface area contributed by atoms with Crippen molar-refractivity contribution >= 4 is 33.3 Å². The van der Waals surface area contributed by atoms with Crippen LogP contribution in [0.2, 0.25) is 0 Å². The SMILES string of the molecule is CC[C@@H]1OCC(=O)[C@H]1NC(=O)[C@H](CC1(C)CCCC1)NC(=O)c1ccc(NS(C)(=O)=O)cc1C. The Labute approximate surface area is 201 Å². The molecular formula is C24H35N3O6S. The quantitative estimate of drug-likeness (QED) is 0.484. The molecule has 0 unspecified atom stereocenters. The van der Waals surface area contributed by atoms with Crippen LogP contribution >= 0.6 is 0 Å². The Morgan fingerprint density at radius 3 is 2.50 bits per heavy atom. The van der Waals surface area contributed by atoms with Gasteiger partial charge in [0.05, 0.1) is 12.4 Å². The summed E-state index contributed by atoms with van der Waals surface area (Å²) in [5.74, 6) is -0.981. The summed E-state index contributed by atoms with van der Waals surface area (Å²) in [6, 6.07) is 3.10. The molecular weight excluding hydrogens is 458 g/mol. The van der Waals surface area contributed by atoms with Crippen molar-refractivity contribution in [3.8, 4) is 0 Å². The molecule has 188 valence electrons. The van der Waals surface area contributed by atoms with E-state index >= 15 is 0 Å². The molecule has 2 amide bonds. The molecule has 0 bridgehead atoms. The van der Waals surface area contributed by atoms with Crippen LogP contribution in [0, 0.1) is 12.3 Å². The van der Waals surface area contributed by atoms with E-state index in [0.29, 0.717) is 29.7 Å². The number of ketones is 1. The number of carbonyl (C=O) groups excluding carboxylic acids is 3. The predicted octanol–water partition coefficient (Wildman–Crippen LogP) is 2.30. The molecule has 3 N–H and O–H groups in total. The van der Waals surface area contributed by atoms with Crippen molar-refractivity contribution in [2.45, 2.75) is 77.5 Å². The average molecular weight is 494 g/mol. The minimum Gasteiger partial charge on any atom is -0.368 e. The molecule has 1 saturated heterocycles. The molecule has 1 saturated carbocycles. The van der Waals surface area contributed by atoms with Gasteiger partial charge < -0.3 is 15.4 Å². The van der Waals surface area contributed by atoms with Crippen LogP contribution in [0.4, 0.5) is 5.69 Å². The van der Waals surface area contributed by atoms with E-state index in [-0.39, 0.29) is 23.9 Å². The molecule has 3 atom stereocenters. The number of Topliss-reactive ketones (excluding diaryl/α,β-unsaturated/α-hetero) is 1. The van der Waals surface area contributed by atoms with Gasteiger partial charge >= 0.3 is 0 Å². The van der Waals surface area contributed by atoms with Crippen molar-refractivity contribution in [3.05, 3.63) is 29.3 Å². The first-order valence-electron chi connectivity index (χ1n) is 11.7. The average Bonchev–Trinajstić information content (AvgIpc) is 3.32. The third kappa shape index (κ3) is 6.56. The van der Waals surface area contributed by atoms with Gasteiger partial charge in [0.25, 0.3) is 5.91 Å². The van der Waals surface area contributed by atoms with Gasteiger partial charge in [0.1, 0.15) is 18.7 Å². The second kappa shape index (κ2) is 10.4. The summed E-state index contributed by atoms with van der Waals surface area (Å²) < 4.78 is 30.8. The van der Waals surface area contributed by atoms with Crippen LogP contribution < -0.4 is 15.4 Å². The molecule has 9 nitrogen and oxygen atoms in total. The Morgan fingerprint density at radius 1 is 1.24 bits per heavy atom. The number of benzene rings is 1. The first-order valence-corrected chi connectivity index (χ1v) is 13.6. The predicted molar refractivity (Wildman–Crippen MR) is 129 cm³/mol. The summed E-state index contributed by atoms with van der Waals surface area (Å²) in [5, 5.41) is 5.70. The van der Waals surface area contributed by atoms with Crippen molar-refractivity contribution in [2.24, 2.45) is 5.41 Å². The van der Waals surface area contributed by atoms with Gasteiger partial charge in [-0.05, 0) is 61.8 Å². The maximum absolute atomic E-state index is 13.3. The summed E-state index contributed by atoms with van der Waals surface area (Å²) in [6.07, 6.45) is 5.86. The van der Waals surface area contributed by atoms with Crippen molar-refractivity contribution in [2.75, 3.05) is 17.6 Å². The van der Waals surface area contributed by atoms with Crippen LogP contribution in [0.1, 0.15) is 68.3 Å². The van der Waals surface area contributed by atoms with Gasteiger partial charge in [0, 0.05) is 11.3 Å². The fourth-order valence-electron chi connectivity index (χ4n) is 4.93. The highest BCUT2D eigenvalue weighted by Gasteiger charge is 2.40. The Balaban J connectivity index is 1.78. The van der Waals surface area contributed by atoms with Crippen LogP contribution in [-0.2, 0) is 24.3 Å². The van der Waals surface area contributed by atoms with Crippen LogP contribution in [0.3, 0.4) is 0 Å². The molecule has 1 aliphatic carbocycles. The van der Waals surface area contributed by atoms with Crippen LogP contribution in [0.25, 0.3) is 0 Å². The van der Waals surface area contributed by atoms with E-state index in [9.17, 15) is 22.8 Å². The van der Waals surface area contributed by atoms with E-state index in [1.165, 1.54) is 12.1 Å². The van der Waals surface area contributed by atoms with Gasteiger partial charge in [-0.1, -0.05) is 26.7 Å². The van der Waals surface area contributed by atoms with Gasteiger partial charge in [0.2, 0.25) is 15.9 Å². The van der Waals surface area contributed by atoms with Crippen LogP contribution in [-0.4, -0.2) is 57.1 Å². The van der Waals surface area contributed by atoms with E-state index in [2.05, 4.69) is 22.3 Å². The van der Waals surface area contributed by atoms with E-state index in [0.717, 1.165) is 31.9 Å². The molecule has 3 rings (SSSR count). The monoisotopic (exact) mass is 493 g/mol. The molecule has 2 aliphatic rings. The second-order valence-electron chi connectivity index (χ2n) is 9.86. The first-order chi connectivity index (χ1) is 15.9. The maximum Gasteiger partial charge on any atom is 0.252 e. The Morgan fingerprint density at radius 2 is 1.91 bits per heavy atom. The summed E-state index contributed by atoms with van der Waals surface area (Å²) in [7, 11) is -3.44. The molecule has 2 fully saturated rings. The molecule has 1 aromatic rings. The number of nitrogens with one attached hydrogen (secondary N) is 3. The summed E-state index contributed by atoms with van der Waals surface area (Å²) >= 11 is 0. The molecule has 1 aliphatic heterocycles. The number of hydrogen-bond acceptors (Lipinski definition) is 6. The van der Waals surface area contributed by atoms with Gasteiger partial charge in [-0.15, -0.1) is 0 Å². The minimum atomic E-state index is -3.44. The number of anilines is 1. The minimum absolute atomic E-state index is 0.0226. The third-order valence-electron chi connectivity index (χ3n) is 6.76. The van der Waals surface area contributed by atoms with Crippen LogP contribution in [0.5, 0.6) is 0 Å². The van der Waals surface area contributed by atoms with Gasteiger partial charge in [-0.3, -0.25) is 19.1 Å². The number of rotatable bonds is 9. The van der Waals surface area contributed by atoms with E-state index < -0.39 is 33.9 Å². The normalized spacial score (nSPS) is 22.9. The third-order valence-corrected chi connectivity index (χ3v) is 7.37. The van der Waals surface area contributed by atoms with Gasteiger partial charge in [-0.25, -0.2) is 8.42 Å². The number of ether oxygens (including phenoxy) is 1. The number of carbonyl (C=O) groups is 3. The highest BCUT2D eigenvalue weighted by molar-refractivity contribution is 7.92. The molecule has 10 heteroatoms. The lowest BCUT2D eigenvalue weighted by Gasteiger charge is -2.30. The zero-order chi connectivity index (χ0) is 25.1. The molecule has 1 heterocycles. The smallest absolute Gasteiger partial charge is 0.252 e. The van der Waals surface area contributed by atoms with Gasteiger partial charge in [0.15, 0.2) is 5.78 Å². The number of hydrogen-bond donors (Lipinski definition) is 3. The lowest BCUT2D eigenvalue weighted by Crippen LogP contribution is -2.54. The molecule has 1 aromatic carbocycles. The largest absolute Gasteiger partial charge is 0.368 e. The topological polar surface area (TPSA) is 131 Å². The highest BCUT2D eigenvalue weighted by atomic mass is 32.2. The zero-order valence-electron chi connectivity index (χ0n) is 20.3. The van der Waals surface area contributed by atoms with E-state index in [1.54, 1.807) is 13.0 Å². The lowest BCUT2D eigenvalue weighted by molar-refractivity contribution is -0.128. The van der Waals surface area contributed by atoms with Gasteiger partial charge in [-0.2, -0.15) is 0 Å². The highest BCUT2D eigenvalue weighted by Crippen LogP contribution is 2.41. The Hall–Kier alpha value is -2.46. The standard InChI is InChI=1S/C24H35N3O6S/c1-5-20-21(19(28)14-33-20)26-23(30)18(13-24(3)10-6-7-11-24)25-22(29)17-9-8-16(12-15(17)2)27-34(4,31)32/h8-9,12,18,20-21,27H,5-7,10-11,13-14H2,1-4H3,(H,25,29)(H,26,30)/t18-,20-,21+/m0/s1. The van der Waals surface area contributed by atoms with Crippen molar-refractivity contribution in [1.82, 2.24) is 10.6 Å². The first kappa shape index (κ1) is 26.2. The molecule has 0 aromatic heterocycles. The molecule has 34 heavy (non-hydrogen) atoms. The van der Waals surface area contributed by atoms with E-state index in [4.69, 9.17) is 4.74 Å². The fourth-order valence-corrected chi connectivity index (χ4v) is 5.49. The summed E-state index contributed by atoms with van der Waals surface area (Å²) in [6.45, 7) is 5.70. The number of amides is 2. The Kier molecular flexibility index (Phi) is 8.02. The van der Waals surface area contributed by atoms with Crippen molar-refractivity contribution < 1.29 is 27.5 Å². The van der Waals surface area contributed by atoms with Crippen molar-refractivity contribution in [3.63, 3.8) is 0 Å². The second-order valence-corrected chi connectivity index (χ2v) is 11.6. The molecule has 0 spiro atoms. The van der Waals surface area contributed by atoms with Crippen molar-refractivity contribution in [1.29, 1.82) is 0 Å². The van der Waals surface area contributed by atoms with Crippen LogP contribution in [0.15, 0.2) is 18.2 Å². The number of sulfonamides is 1. The van der Waals surface area contributed by atoms with E-state index in [1.807, 2.05) is 6.92 Å². The maximum atomic E-state index is 13.3. The number of aryl methyl sites for hydroxylation is 1. The fraction of sp³-hybridized carbons (Fsp3) is 0.625. The lowest BCUT2D eigenvalue weighted by atomic mass is 9.81. The summed E-state index contributed by atoms with van der Waals surface area (Å²) in [4.78, 5) is 38.7.